The number of aromatic nitrogens is 2. The summed E-state index contributed by atoms with van der Waals surface area (Å²) in [7, 11) is 0. The van der Waals surface area contributed by atoms with Crippen molar-refractivity contribution in [2.75, 3.05) is 13.1 Å². The van der Waals surface area contributed by atoms with Crippen molar-refractivity contribution < 1.29 is 9.32 Å². The molecule has 0 aliphatic carbocycles. The molecule has 0 radical (unpaired) electrons. The normalized spacial score (nSPS) is 23.2. The molecule has 2 N–H and O–H groups in total. The zero-order chi connectivity index (χ0) is 13.0. The Labute approximate surface area is 107 Å². The van der Waals surface area contributed by atoms with E-state index < -0.39 is 0 Å². The average Bonchev–Trinajstić information content (AvgIpc) is 2.98. The minimum Gasteiger partial charge on any atom is -0.349 e. The van der Waals surface area contributed by atoms with Crippen LogP contribution in [-0.2, 0) is 5.54 Å². The summed E-state index contributed by atoms with van der Waals surface area (Å²) in [5.41, 5.74) is -0.230. The second kappa shape index (κ2) is 5.48. The van der Waals surface area contributed by atoms with Gasteiger partial charge in [0.05, 0.1) is 5.54 Å². The molecule has 2 rings (SSSR count). The molecule has 18 heavy (non-hydrogen) atoms. The fourth-order valence-electron chi connectivity index (χ4n) is 2.49. The number of carbonyl (C=O) groups excluding carboxylic acids is 1. The summed E-state index contributed by atoms with van der Waals surface area (Å²) in [4.78, 5) is 15.9. The van der Waals surface area contributed by atoms with E-state index in [1.54, 1.807) is 0 Å². The summed E-state index contributed by atoms with van der Waals surface area (Å²) in [6.45, 7) is 5.50. The Balaban J connectivity index is 2.19. The monoisotopic (exact) mass is 252 g/mol. The summed E-state index contributed by atoms with van der Waals surface area (Å²) in [6, 6.07) is 0. The Morgan fingerprint density at radius 1 is 1.56 bits per heavy atom. The van der Waals surface area contributed by atoms with Gasteiger partial charge in [-0.15, -0.1) is 0 Å². The molecular weight excluding hydrogens is 232 g/mol. The summed E-state index contributed by atoms with van der Waals surface area (Å²) >= 11 is 0. The molecule has 0 spiro atoms. The lowest BCUT2D eigenvalue weighted by Crippen LogP contribution is -2.37. The summed E-state index contributed by atoms with van der Waals surface area (Å²) in [6.07, 6.45) is 4.06. The van der Waals surface area contributed by atoms with Gasteiger partial charge in [0, 0.05) is 6.54 Å². The maximum absolute atomic E-state index is 11.6. The Morgan fingerprint density at radius 2 is 2.39 bits per heavy atom. The SMILES string of the molecule is CCCC1(c2nc(C(=O)NCC)no2)CCCN1. The predicted molar refractivity (Wildman–Crippen MR) is 66.1 cm³/mol. The van der Waals surface area contributed by atoms with E-state index in [4.69, 9.17) is 4.52 Å². The third-order valence-corrected chi connectivity index (χ3v) is 3.30. The highest BCUT2D eigenvalue weighted by atomic mass is 16.5. The minimum absolute atomic E-state index is 0.121. The summed E-state index contributed by atoms with van der Waals surface area (Å²) in [5.74, 6) is 0.385. The first kappa shape index (κ1) is 13.0. The summed E-state index contributed by atoms with van der Waals surface area (Å²) < 4.78 is 5.29. The van der Waals surface area contributed by atoms with Crippen molar-refractivity contribution in [1.29, 1.82) is 0 Å². The molecule has 1 fully saturated rings. The van der Waals surface area contributed by atoms with Gasteiger partial charge in [-0.05, 0) is 32.7 Å². The van der Waals surface area contributed by atoms with Crippen molar-refractivity contribution in [2.45, 2.75) is 45.1 Å². The Bertz CT molecular complexity index is 410. The van der Waals surface area contributed by atoms with Crippen molar-refractivity contribution in [3.05, 3.63) is 11.7 Å². The molecule has 0 aromatic carbocycles. The maximum Gasteiger partial charge on any atom is 0.292 e. The summed E-state index contributed by atoms with van der Waals surface area (Å²) in [5, 5.41) is 9.88. The second-order valence-corrected chi connectivity index (χ2v) is 4.65. The van der Waals surface area contributed by atoms with Gasteiger partial charge in [0.1, 0.15) is 0 Å². The van der Waals surface area contributed by atoms with E-state index >= 15 is 0 Å². The number of nitrogens with zero attached hydrogens (tertiary/aromatic N) is 2. The van der Waals surface area contributed by atoms with E-state index in [-0.39, 0.29) is 17.3 Å². The Kier molecular flexibility index (Phi) is 3.96. The highest BCUT2D eigenvalue weighted by Crippen LogP contribution is 2.34. The third-order valence-electron chi connectivity index (χ3n) is 3.30. The van der Waals surface area contributed by atoms with Crippen LogP contribution >= 0.6 is 0 Å². The first-order chi connectivity index (χ1) is 8.72. The molecule has 6 nitrogen and oxygen atoms in total. The van der Waals surface area contributed by atoms with Gasteiger partial charge in [0.15, 0.2) is 0 Å². The molecule has 1 aliphatic heterocycles. The maximum atomic E-state index is 11.6. The lowest BCUT2D eigenvalue weighted by atomic mass is 9.92. The Morgan fingerprint density at radius 3 is 3.00 bits per heavy atom. The van der Waals surface area contributed by atoms with Gasteiger partial charge in [-0.1, -0.05) is 18.5 Å². The molecule has 6 heteroatoms. The highest BCUT2D eigenvalue weighted by Gasteiger charge is 2.40. The first-order valence-electron chi connectivity index (χ1n) is 6.59. The first-order valence-corrected chi connectivity index (χ1v) is 6.59. The van der Waals surface area contributed by atoms with E-state index in [1.165, 1.54) is 0 Å². The molecule has 2 heterocycles. The van der Waals surface area contributed by atoms with Crippen LogP contribution < -0.4 is 10.6 Å². The van der Waals surface area contributed by atoms with Crippen LogP contribution in [0.5, 0.6) is 0 Å². The van der Waals surface area contributed by atoms with Gasteiger partial charge in [0.25, 0.3) is 11.7 Å². The van der Waals surface area contributed by atoms with Crippen molar-refractivity contribution in [1.82, 2.24) is 20.8 Å². The van der Waals surface area contributed by atoms with Crippen LogP contribution in [0.1, 0.15) is 56.0 Å². The predicted octanol–water partition coefficient (Wildman–Crippen LogP) is 1.20. The van der Waals surface area contributed by atoms with E-state index in [1.807, 2.05) is 6.92 Å². The van der Waals surface area contributed by atoms with Gasteiger partial charge < -0.3 is 15.2 Å². The van der Waals surface area contributed by atoms with Gasteiger partial charge in [-0.25, -0.2) is 0 Å². The van der Waals surface area contributed by atoms with Gasteiger partial charge in [0.2, 0.25) is 5.89 Å². The van der Waals surface area contributed by atoms with Crippen molar-refractivity contribution >= 4 is 5.91 Å². The molecule has 0 bridgehead atoms. The minimum atomic E-state index is -0.280. The highest BCUT2D eigenvalue weighted by molar-refractivity contribution is 5.90. The van der Waals surface area contributed by atoms with Crippen LogP contribution in [0.2, 0.25) is 0 Å². The topological polar surface area (TPSA) is 80.1 Å². The number of amides is 1. The molecule has 1 saturated heterocycles. The molecule has 0 saturated carbocycles. The van der Waals surface area contributed by atoms with Crippen LogP contribution in [0, 0.1) is 0 Å². The number of rotatable bonds is 5. The average molecular weight is 252 g/mol. The zero-order valence-corrected chi connectivity index (χ0v) is 11.0. The smallest absolute Gasteiger partial charge is 0.292 e. The van der Waals surface area contributed by atoms with Crippen LogP contribution in [0.4, 0.5) is 0 Å². The lowest BCUT2D eigenvalue weighted by molar-refractivity contribution is 0.0942. The van der Waals surface area contributed by atoms with Crippen molar-refractivity contribution in [3.8, 4) is 0 Å². The van der Waals surface area contributed by atoms with E-state index in [0.29, 0.717) is 12.4 Å². The number of hydrogen-bond donors (Lipinski definition) is 2. The van der Waals surface area contributed by atoms with Crippen LogP contribution in [0.15, 0.2) is 4.52 Å². The van der Waals surface area contributed by atoms with Crippen molar-refractivity contribution in [3.63, 3.8) is 0 Å². The van der Waals surface area contributed by atoms with Crippen LogP contribution in [0.25, 0.3) is 0 Å². The van der Waals surface area contributed by atoms with Gasteiger partial charge in [-0.2, -0.15) is 4.98 Å². The fraction of sp³-hybridized carbons (Fsp3) is 0.750. The van der Waals surface area contributed by atoms with Crippen LogP contribution in [0.3, 0.4) is 0 Å². The van der Waals surface area contributed by atoms with Crippen LogP contribution in [-0.4, -0.2) is 29.1 Å². The molecule has 1 atom stereocenters. The van der Waals surface area contributed by atoms with Gasteiger partial charge >= 0.3 is 0 Å². The number of nitrogens with one attached hydrogen (secondary N) is 2. The fourth-order valence-corrected chi connectivity index (χ4v) is 2.49. The van der Waals surface area contributed by atoms with E-state index in [9.17, 15) is 4.79 Å². The molecule has 100 valence electrons. The second-order valence-electron chi connectivity index (χ2n) is 4.65. The van der Waals surface area contributed by atoms with Crippen molar-refractivity contribution in [2.24, 2.45) is 0 Å². The Hall–Kier alpha value is -1.43. The van der Waals surface area contributed by atoms with E-state index in [0.717, 1.165) is 32.2 Å². The van der Waals surface area contributed by atoms with Gasteiger partial charge in [-0.3, -0.25) is 4.79 Å². The molecule has 1 amide bonds. The quantitative estimate of drug-likeness (QED) is 0.823. The molecule has 1 aromatic rings. The molecule has 1 aromatic heterocycles. The molecule has 1 unspecified atom stereocenters. The largest absolute Gasteiger partial charge is 0.349 e. The number of carbonyl (C=O) groups is 1. The van der Waals surface area contributed by atoms with E-state index in [2.05, 4.69) is 27.7 Å². The standard InChI is InChI=1S/C12H20N4O2/c1-3-6-12(7-5-8-14-12)11-15-9(16-18-11)10(17)13-4-2/h14H,3-8H2,1-2H3,(H,13,17). The zero-order valence-electron chi connectivity index (χ0n) is 11.0. The number of hydrogen-bond acceptors (Lipinski definition) is 5. The third kappa shape index (κ3) is 2.38. The molecular formula is C12H20N4O2. The lowest BCUT2D eigenvalue weighted by Gasteiger charge is -2.24. The molecule has 1 aliphatic rings.